The van der Waals surface area contributed by atoms with Crippen molar-refractivity contribution in [3.8, 4) is 17.6 Å². The van der Waals surface area contributed by atoms with Crippen LogP contribution in [0.4, 0.5) is 5.69 Å². The summed E-state index contributed by atoms with van der Waals surface area (Å²) in [4.78, 5) is 12.1. The molecule has 2 rings (SSSR count). The number of carbonyl (C=O) groups excluding carboxylic acids is 1. The van der Waals surface area contributed by atoms with Crippen molar-refractivity contribution >= 4 is 11.6 Å². The van der Waals surface area contributed by atoms with E-state index in [1.54, 1.807) is 24.3 Å². The lowest BCUT2D eigenvalue weighted by Gasteiger charge is -2.09. The number of nitrogens with one attached hydrogen (secondary N) is 1. The Balaban J connectivity index is 2.16. The lowest BCUT2D eigenvalue weighted by molar-refractivity contribution is 0.102. The molecule has 0 aliphatic carbocycles. The van der Waals surface area contributed by atoms with Gasteiger partial charge in [-0.3, -0.25) is 4.79 Å². The fraction of sp³-hybridized carbons (Fsp3) is 0.118. The summed E-state index contributed by atoms with van der Waals surface area (Å²) >= 11 is 0. The Kier molecular flexibility index (Phi) is 4.60. The van der Waals surface area contributed by atoms with Gasteiger partial charge in [-0.05, 0) is 55.0 Å². The van der Waals surface area contributed by atoms with Gasteiger partial charge in [0.05, 0.1) is 0 Å². The van der Waals surface area contributed by atoms with Crippen molar-refractivity contribution in [2.45, 2.75) is 6.92 Å². The Bertz CT molecular complexity index is 709. The van der Waals surface area contributed by atoms with Crippen molar-refractivity contribution in [2.24, 2.45) is 0 Å². The van der Waals surface area contributed by atoms with Crippen molar-refractivity contribution in [1.29, 1.82) is 0 Å². The largest absolute Gasteiger partial charge is 0.508 e. The number of benzene rings is 2. The van der Waals surface area contributed by atoms with Crippen molar-refractivity contribution in [3.63, 3.8) is 0 Å². The van der Waals surface area contributed by atoms with E-state index >= 15 is 0 Å². The van der Waals surface area contributed by atoms with E-state index in [-0.39, 0.29) is 18.3 Å². The number of carbonyl (C=O) groups is 1. The molecule has 106 valence electrons. The van der Waals surface area contributed by atoms with Gasteiger partial charge in [0.2, 0.25) is 0 Å². The van der Waals surface area contributed by atoms with Crippen molar-refractivity contribution < 1.29 is 15.0 Å². The Hall–Kier alpha value is -2.77. The lowest BCUT2D eigenvalue weighted by Crippen LogP contribution is -2.12. The highest BCUT2D eigenvalue weighted by atomic mass is 16.3. The molecule has 0 bridgehead atoms. The number of phenols is 1. The van der Waals surface area contributed by atoms with Crippen LogP contribution in [0.2, 0.25) is 0 Å². The lowest BCUT2D eigenvalue weighted by atomic mass is 10.1. The van der Waals surface area contributed by atoms with Crippen molar-refractivity contribution in [1.82, 2.24) is 0 Å². The molecule has 0 spiro atoms. The summed E-state index contributed by atoms with van der Waals surface area (Å²) in [6.45, 7) is 1.69. The molecule has 0 saturated heterocycles. The number of aromatic hydroxyl groups is 1. The van der Waals surface area contributed by atoms with E-state index in [9.17, 15) is 9.90 Å². The highest BCUT2D eigenvalue weighted by Gasteiger charge is 2.07. The monoisotopic (exact) mass is 281 g/mol. The zero-order valence-corrected chi connectivity index (χ0v) is 11.6. The fourth-order valence-corrected chi connectivity index (χ4v) is 1.83. The summed E-state index contributed by atoms with van der Waals surface area (Å²) in [5, 5.41) is 20.7. The van der Waals surface area contributed by atoms with E-state index in [2.05, 4.69) is 17.2 Å². The molecule has 2 aromatic rings. The van der Waals surface area contributed by atoms with E-state index in [0.717, 1.165) is 11.1 Å². The number of aliphatic hydroxyl groups excluding tert-OH is 1. The maximum atomic E-state index is 12.1. The van der Waals surface area contributed by atoms with Gasteiger partial charge in [-0.15, -0.1) is 0 Å². The van der Waals surface area contributed by atoms with Crippen LogP contribution in [0.15, 0.2) is 42.5 Å². The maximum Gasteiger partial charge on any atom is 0.255 e. The summed E-state index contributed by atoms with van der Waals surface area (Å²) in [6, 6.07) is 11.4. The Labute approximate surface area is 123 Å². The first-order valence-corrected chi connectivity index (χ1v) is 6.41. The SMILES string of the molecule is Cc1cc(C#CCO)ccc1NC(=O)c1ccc(O)cc1. The molecule has 0 aromatic heterocycles. The van der Waals surface area contributed by atoms with Gasteiger partial charge >= 0.3 is 0 Å². The second kappa shape index (κ2) is 6.60. The van der Waals surface area contributed by atoms with Gasteiger partial charge in [-0.25, -0.2) is 0 Å². The van der Waals surface area contributed by atoms with E-state index in [0.29, 0.717) is 11.3 Å². The molecular formula is C17H15NO3. The number of phenolic OH excluding ortho intramolecular Hbond substituents is 1. The van der Waals surface area contributed by atoms with Gasteiger partial charge in [0.25, 0.3) is 5.91 Å². The third-order valence-electron chi connectivity index (χ3n) is 2.92. The van der Waals surface area contributed by atoms with Gasteiger partial charge < -0.3 is 15.5 Å². The van der Waals surface area contributed by atoms with Crippen molar-refractivity contribution in [2.75, 3.05) is 11.9 Å². The van der Waals surface area contributed by atoms with Crippen LogP contribution in [0.5, 0.6) is 5.75 Å². The third kappa shape index (κ3) is 3.85. The standard InChI is InChI=1S/C17H15NO3/c1-12-11-13(3-2-10-19)4-9-16(12)18-17(21)14-5-7-15(20)8-6-14/h4-9,11,19-20H,10H2,1H3,(H,18,21). The van der Waals surface area contributed by atoms with Crippen molar-refractivity contribution in [3.05, 3.63) is 59.2 Å². The third-order valence-corrected chi connectivity index (χ3v) is 2.92. The molecule has 4 nitrogen and oxygen atoms in total. The molecule has 0 fully saturated rings. The van der Waals surface area contributed by atoms with Crippen LogP contribution >= 0.6 is 0 Å². The topological polar surface area (TPSA) is 69.6 Å². The molecule has 0 unspecified atom stereocenters. The summed E-state index contributed by atoms with van der Waals surface area (Å²) < 4.78 is 0. The molecule has 0 saturated carbocycles. The second-order valence-corrected chi connectivity index (χ2v) is 4.49. The van der Waals surface area contributed by atoms with Crippen LogP contribution < -0.4 is 5.32 Å². The van der Waals surface area contributed by atoms with Crippen LogP contribution in [-0.2, 0) is 0 Å². The number of aliphatic hydroxyl groups is 1. The summed E-state index contributed by atoms with van der Waals surface area (Å²) in [5.41, 5.74) is 2.83. The van der Waals surface area contributed by atoms with Gasteiger partial charge in [0.1, 0.15) is 12.4 Å². The van der Waals surface area contributed by atoms with Crippen LogP contribution in [0.25, 0.3) is 0 Å². The predicted octanol–water partition coefficient (Wildman–Crippen LogP) is 2.30. The zero-order chi connectivity index (χ0) is 15.2. The minimum absolute atomic E-state index is 0.120. The molecule has 1 amide bonds. The van der Waals surface area contributed by atoms with E-state index in [1.165, 1.54) is 12.1 Å². The molecule has 4 heteroatoms. The summed E-state index contributed by atoms with van der Waals surface area (Å²) in [6.07, 6.45) is 0. The molecule has 0 aliphatic heterocycles. The van der Waals surface area contributed by atoms with Gasteiger partial charge in [0.15, 0.2) is 0 Å². The first kappa shape index (κ1) is 14.6. The zero-order valence-electron chi connectivity index (χ0n) is 11.6. The van der Waals surface area contributed by atoms with E-state index in [1.807, 2.05) is 13.0 Å². The smallest absolute Gasteiger partial charge is 0.255 e. The molecular weight excluding hydrogens is 266 g/mol. The second-order valence-electron chi connectivity index (χ2n) is 4.49. The number of hydrogen-bond acceptors (Lipinski definition) is 3. The average Bonchev–Trinajstić information content (AvgIpc) is 2.48. The van der Waals surface area contributed by atoms with E-state index < -0.39 is 0 Å². The Morgan fingerprint density at radius 2 is 1.90 bits per heavy atom. The predicted molar refractivity (Wildman–Crippen MR) is 81.2 cm³/mol. The molecule has 21 heavy (non-hydrogen) atoms. The number of aryl methyl sites for hydroxylation is 1. The Morgan fingerprint density at radius 1 is 1.19 bits per heavy atom. The minimum Gasteiger partial charge on any atom is -0.508 e. The number of hydrogen-bond donors (Lipinski definition) is 3. The Morgan fingerprint density at radius 3 is 2.52 bits per heavy atom. The number of anilines is 1. The molecule has 3 N–H and O–H groups in total. The quantitative estimate of drug-likeness (QED) is 0.740. The summed E-state index contributed by atoms with van der Waals surface area (Å²) in [7, 11) is 0. The van der Waals surface area contributed by atoms with Crippen LogP contribution in [0.1, 0.15) is 21.5 Å². The first-order chi connectivity index (χ1) is 10.1. The molecule has 0 heterocycles. The molecule has 0 atom stereocenters. The summed E-state index contributed by atoms with van der Waals surface area (Å²) in [5.74, 6) is 5.27. The normalized spacial score (nSPS) is 9.62. The highest BCUT2D eigenvalue weighted by Crippen LogP contribution is 2.18. The van der Waals surface area contributed by atoms with Crippen LogP contribution in [0, 0.1) is 18.8 Å². The number of amides is 1. The minimum atomic E-state index is -0.243. The maximum absolute atomic E-state index is 12.1. The molecule has 0 aliphatic rings. The van der Waals surface area contributed by atoms with Gasteiger partial charge in [0, 0.05) is 16.8 Å². The average molecular weight is 281 g/mol. The van der Waals surface area contributed by atoms with E-state index in [4.69, 9.17) is 5.11 Å². The van der Waals surface area contributed by atoms with Gasteiger partial charge in [-0.1, -0.05) is 11.8 Å². The van der Waals surface area contributed by atoms with Gasteiger partial charge in [-0.2, -0.15) is 0 Å². The highest BCUT2D eigenvalue weighted by molar-refractivity contribution is 6.04. The van der Waals surface area contributed by atoms with Crippen LogP contribution in [-0.4, -0.2) is 22.7 Å². The molecule has 2 aromatic carbocycles. The fourth-order valence-electron chi connectivity index (χ4n) is 1.83. The number of rotatable bonds is 2. The molecule has 0 radical (unpaired) electrons. The van der Waals surface area contributed by atoms with Crippen LogP contribution in [0.3, 0.4) is 0 Å². The first-order valence-electron chi connectivity index (χ1n) is 6.41.